The number of hydrogen-bond acceptors (Lipinski definition) is 3. The first-order valence-corrected chi connectivity index (χ1v) is 7.72. The van der Waals surface area contributed by atoms with Gasteiger partial charge in [0.2, 0.25) is 0 Å². The predicted molar refractivity (Wildman–Crippen MR) is 84.9 cm³/mol. The molecule has 21 heavy (non-hydrogen) atoms. The predicted octanol–water partition coefficient (Wildman–Crippen LogP) is 2.96. The Hall–Kier alpha value is -1.46. The molecule has 0 unspecified atom stereocenters. The van der Waals surface area contributed by atoms with E-state index in [4.69, 9.17) is 0 Å². The average Bonchev–Trinajstić information content (AvgIpc) is 2.82. The van der Waals surface area contributed by atoms with Crippen LogP contribution >= 0.6 is 15.9 Å². The summed E-state index contributed by atoms with van der Waals surface area (Å²) in [6.07, 6.45) is 5.35. The minimum atomic E-state index is -0.698. The Labute approximate surface area is 132 Å². The molecule has 0 spiro atoms. The molecule has 0 bridgehead atoms. The van der Waals surface area contributed by atoms with Crippen LogP contribution in [-0.4, -0.2) is 25.5 Å². The normalized spacial score (nSPS) is 28.1. The summed E-state index contributed by atoms with van der Waals surface area (Å²) < 4.78 is 2.97. The van der Waals surface area contributed by atoms with E-state index < -0.39 is 5.60 Å². The third kappa shape index (κ3) is 2.34. The van der Waals surface area contributed by atoms with Gasteiger partial charge in [-0.1, -0.05) is 34.1 Å². The monoisotopic (exact) mass is 347 g/mol. The van der Waals surface area contributed by atoms with Gasteiger partial charge in [-0.3, -0.25) is 0 Å². The number of halogens is 1. The molecule has 1 N–H and O–H groups in total. The van der Waals surface area contributed by atoms with Crippen LogP contribution in [0.1, 0.15) is 30.7 Å². The molecule has 1 aromatic heterocycles. The molecule has 0 radical (unpaired) electrons. The van der Waals surface area contributed by atoms with Gasteiger partial charge >= 0.3 is 0 Å². The lowest BCUT2D eigenvalue weighted by atomic mass is 9.54. The second-order valence-corrected chi connectivity index (χ2v) is 6.84. The second-order valence-electron chi connectivity index (χ2n) is 5.93. The van der Waals surface area contributed by atoms with Crippen molar-refractivity contribution in [2.45, 2.75) is 30.3 Å². The number of nitrogens with zero attached hydrogens (tertiary/aromatic N) is 3. The summed E-state index contributed by atoms with van der Waals surface area (Å²) in [5, 5.41) is 18.9. The maximum absolute atomic E-state index is 10.6. The standard InChI is InChI=1S/C16H18BrN3O/c1-3-7-15(21)9-16(10-15,14-19-18-11-20(14)2)12-5-4-6-13(17)8-12/h3-6,8,11,21H,1,7,9-10H2,2H3/t15-,16-. The van der Waals surface area contributed by atoms with Crippen molar-refractivity contribution in [3.05, 3.63) is 59.1 Å². The Morgan fingerprint density at radius 2 is 2.24 bits per heavy atom. The van der Waals surface area contributed by atoms with Crippen LogP contribution in [0.2, 0.25) is 0 Å². The lowest BCUT2D eigenvalue weighted by molar-refractivity contribution is -0.0777. The van der Waals surface area contributed by atoms with Gasteiger partial charge in [0.25, 0.3) is 0 Å². The van der Waals surface area contributed by atoms with E-state index in [-0.39, 0.29) is 5.41 Å². The SMILES string of the molecule is C=CC[C@]1(O)C[C@](c2cccc(Br)c2)(c2nncn2C)C1. The molecule has 4 nitrogen and oxygen atoms in total. The van der Waals surface area contributed by atoms with E-state index in [9.17, 15) is 5.11 Å². The lowest BCUT2D eigenvalue weighted by Gasteiger charge is -2.52. The molecule has 0 atom stereocenters. The Morgan fingerprint density at radius 3 is 2.81 bits per heavy atom. The summed E-state index contributed by atoms with van der Waals surface area (Å²) in [5.74, 6) is 0.898. The topological polar surface area (TPSA) is 50.9 Å². The van der Waals surface area contributed by atoms with Gasteiger partial charge in [-0.2, -0.15) is 0 Å². The molecule has 0 saturated heterocycles. The average molecular weight is 348 g/mol. The van der Waals surface area contributed by atoms with Crippen molar-refractivity contribution in [1.82, 2.24) is 14.8 Å². The summed E-state index contributed by atoms with van der Waals surface area (Å²) in [6.45, 7) is 3.74. The van der Waals surface area contributed by atoms with Crippen molar-refractivity contribution in [3.8, 4) is 0 Å². The molecule has 1 aromatic carbocycles. The first-order valence-electron chi connectivity index (χ1n) is 6.93. The van der Waals surface area contributed by atoms with Crippen LogP contribution < -0.4 is 0 Å². The van der Waals surface area contributed by atoms with Crippen molar-refractivity contribution in [2.24, 2.45) is 7.05 Å². The zero-order valence-electron chi connectivity index (χ0n) is 12.0. The number of benzene rings is 1. The zero-order chi connectivity index (χ0) is 15.1. The van der Waals surface area contributed by atoms with Crippen molar-refractivity contribution >= 4 is 15.9 Å². The fraction of sp³-hybridized carbons (Fsp3) is 0.375. The first-order chi connectivity index (χ1) is 9.99. The molecule has 1 heterocycles. The van der Waals surface area contributed by atoms with Gasteiger partial charge < -0.3 is 9.67 Å². The fourth-order valence-corrected chi connectivity index (χ4v) is 3.88. The van der Waals surface area contributed by atoms with E-state index in [1.807, 2.05) is 23.7 Å². The number of hydrogen-bond donors (Lipinski definition) is 1. The van der Waals surface area contributed by atoms with Gasteiger partial charge in [0.15, 0.2) is 0 Å². The fourth-order valence-electron chi connectivity index (χ4n) is 3.48. The minimum absolute atomic E-state index is 0.285. The summed E-state index contributed by atoms with van der Waals surface area (Å²) in [7, 11) is 1.94. The van der Waals surface area contributed by atoms with Crippen LogP contribution in [0.15, 0.2) is 47.7 Å². The number of aryl methyl sites for hydroxylation is 1. The van der Waals surface area contributed by atoms with Gasteiger partial charge in [-0.05, 0) is 37.0 Å². The molecular formula is C16H18BrN3O. The van der Waals surface area contributed by atoms with Gasteiger partial charge in [0.05, 0.1) is 11.0 Å². The van der Waals surface area contributed by atoms with Crippen molar-refractivity contribution in [3.63, 3.8) is 0 Å². The van der Waals surface area contributed by atoms with Crippen LogP contribution in [0.5, 0.6) is 0 Å². The van der Waals surface area contributed by atoms with Gasteiger partial charge in [0.1, 0.15) is 12.2 Å². The van der Waals surface area contributed by atoms with Crippen molar-refractivity contribution in [2.75, 3.05) is 0 Å². The molecule has 5 heteroatoms. The molecule has 1 saturated carbocycles. The maximum Gasteiger partial charge on any atom is 0.143 e. The van der Waals surface area contributed by atoms with E-state index in [0.29, 0.717) is 19.3 Å². The van der Waals surface area contributed by atoms with E-state index >= 15 is 0 Å². The van der Waals surface area contributed by atoms with Crippen LogP contribution in [-0.2, 0) is 12.5 Å². The number of rotatable bonds is 4. The summed E-state index contributed by atoms with van der Waals surface area (Å²) in [6, 6.07) is 8.21. The highest BCUT2D eigenvalue weighted by molar-refractivity contribution is 9.10. The third-order valence-corrected chi connectivity index (χ3v) is 4.80. The molecule has 0 aliphatic heterocycles. The van der Waals surface area contributed by atoms with Crippen LogP contribution in [0.25, 0.3) is 0 Å². The Morgan fingerprint density at radius 1 is 1.48 bits per heavy atom. The van der Waals surface area contributed by atoms with Crippen LogP contribution in [0.3, 0.4) is 0 Å². The zero-order valence-corrected chi connectivity index (χ0v) is 13.5. The first kappa shape index (κ1) is 14.5. The van der Waals surface area contributed by atoms with Crippen LogP contribution in [0, 0.1) is 0 Å². The molecule has 1 aliphatic rings. The minimum Gasteiger partial charge on any atom is -0.389 e. The quantitative estimate of drug-likeness (QED) is 0.865. The molecule has 3 rings (SSSR count). The van der Waals surface area contributed by atoms with Gasteiger partial charge in [-0.25, -0.2) is 0 Å². The molecule has 0 amide bonds. The largest absolute Gasteiger partial charge is 0.389 e. The van der Waals surface area contributed by atoms with Crippen molar-refractivity contribution < 1.29 is 5.11 Å². The van der Waals surface area contributed by atoms with E-state index in [0.717, 1.165) is 15.9 Å². The second kappa shape index (κ2) is 5.07. The molecule has 110 valence electrons. The summed E-state index contributed by atoms with van der Waals surface area (Å²) in [4.78, 5) is 0. The highest BCUT2D eigenvalue weighted by atomic mass is 79.9. The lowest BCUT2D eigenvalue weighted by Crippen LogP contribution is -2.56. The highest BCUT2D eigenvalue weighted by Crippen LogP contribution is 2.55. The molecule has 1 fully saturated rings. The summed E-state index contributed by atoms with van der Waals surface area (Å²) in [5.41, 5.74) is 0.171. The van der Waals surface area contributed by atoms with E-state index in [2.05, 4.69) is 44.8 Å². The van der Waals surface area contributed by atoms with Crippen molar-refractivity contribution in [1.29, 1.82) is 0 Å². The number of aliphatic hydroxyl groups is 1. The smallest absolute Gasteiger partial charge is 0.143 e. The molecular weight excluding hydrogens is 330 g/mol. The van der Waals surface area contributed by atoms with Gasteiger partial charge in [-0.15, -0.1) is 16.8 Å². The Balaban J connectivity index is 2.06. The maximum atomic E-state index is 10.6. The molecule has 1 aliphatic carbocycles. The Bertz CT molecular complexity index is 674. The Kier molecular flexibility index (Phi) is 3.50. The van der Waals surface area contributed by atoms with Gasteiger partial charge in [0, 0.05) is 11.5 Å². The van der Waals surface area contributed by atoms with E-state index in [1.54, 1.807) is 12.4 Å². The third-order valence-electron chi connectivity index (χ3n) is 4.30. The molecule has 2 aromatic rings. The highest BCUT2D eigenvalue weighted by Gasteiger charge is 2.57. The van der Waals surface area contributed by atoms with Crippen LogP contribution in [0.4, 0.5) is 0 Å². The van der Waals surface area contributed by atoms with E-state index in [1.165, 1.54) is 0 Å². The number of aromatic nitrogens is 3. The summed E-state index contributed by atoms with van der Waals surface area (Å²) >= 11 is 3.53.